The van der Waals surface area contributed by atoms with Crippen LogP contribution in [0.15, 0.2) is 47.1 Å². The van der Waals surface area contributed by atoms with Crippen molar-refractivity contribution in [2.45, 2.75) is 19.4 Å². The fraction of sp³-hybridized carbons (Fsp3) is 0.294. The Kier molecular flexibility index (Phi) is 3.82. The topological polar surface area (TPSA) is 71.8 Å². The fourth-order valence-electron chi connectivity index (χ4n) is 2.60. The minimum absolute atomic E-state index is 0.176. The van der Waals surface area contributed by atoms with Crippen LogP contribution in [0.2, 0.25) is 0 Å². The first-order valence-corrected chi connectivity index (χ1v) is 7.39. The molecule has 6 heteroatoms. The van der Waals surface area contributed by atoms with Crippen LogP contribution in [0.1, 0.15) is 18.2 Å². The molecule has 1 N–H and O–H groups in total. The van der Waals surface area contributed by atoms with E-state index in [1.807, 2.05) is 31.2 Å². The Labute approximate surface area is 134 Å². The van der Waals surface area contributed by atoms with Gasteiger partial charge in [0.1, 0.15) is 18.1 Å². The standard InChI is InChI=1S/C17H18N2O4/c1-12-6-3-4-7-13(12)22-11-9-19-15(20)17(2,18-16(19)21)14-8-5-10-23-14/h3-8,10H,9,11H2,1-2H3,(H,18,21). The van der Waals surface area contributed by atoms with Gasteiger partial charge in [-0.15, -0.1) is 0 Å². The van der Waals surface area contributed by atoms with Crippen molar-refractivity contribution in [1.29, 1.82) is 0 Å². The summed E-state index contributed by atoms with van der Waals surface area (Å²) in [5, 5.41) is 2.68. The molecule has 2 heterocycles. The number of imide groups is 1. The van der Waals surface area contributed by atoms with Gasteiger partial charge in [0.2, 0.25) is 0 Å². The highest BCUT2D eigenvalue weighted by atomic mass is 16.5. The van der Waals surface area contributed by atoms with Gasteiger partial charge >= 0.3 is 6.03 Å². The van der Waals surface area contributed by atoms with Crippen molar-refractivity contribution < 1.29 is 18.7 Å². The Morgan fingerprint density at radius 3 is 2.70 bits per heavy atom. The van der Waals surface area contributed by atoms with Crippen molar-refractivity contribution in [3.8, 4) is 5.75 Å². The van der Waals surface area contributed by atoms with Crippen molar-refractivity contribution in [3.63, 3.8) is 0 Å². The molecule has 0 bridgehead atoms. The lowest BCUT2D eigenvalue weighted by atomic mass is 9.99. The zero-order valence-electron chi connectivity index (χ0n) is 13.0. The van der Waals surface area contributed by atoms with Gasteiger partial charge in [-0.2, -0.15) is 0 Å². The summed E-state index contributed by atoms with van der Waals surface area (Å²) in [4.78, 5) is 25.8. The van der Waals surface area contributed by atoms with E-state index in [0.29, 0.717) is 5.76 Å². The van der Waals surface area contributed by atoms with Crippen LogP contribution in [-0.2, 0) is 10.3 Å². The molecule has 0 aliphatic carbocycles. The predicted octanol–water partition coefficient (Wildman–Crippen LogP) is 2.43. The third kappa shape index (κ3) is 2.67. The third-order valence-electron chi connectivity index (χ3n) is 3.95. The molecule has 6 nitrogen and oxygen atoms in total. The molecule has 1 saturated heterocycles. The van der Waals surface area contributed by atoms with Crippen molar-refractivity contribution in [2.24, 2.45) is 0 Å². The molecule has 23 heavy (non-hydrogen) atoms. The zero-order chi connectivity index (χ0) is 16.4. The highest BCUT2D eigenvalue weighted by Gasteiger charge is 2.50. The average molecular weight is 314 g/mol. The molecule has 120 valence electrons. The summed E-state index contributed by atoms with van der Waals surface area (Å²) in [6.07, 6.45) is 1.48. The number of nitrogens with one attached hydrogen (secondary N) is 1. The van der Waals surface area contributed by atoms with E-state index in [2.05, 4.69) is 5.32 Å². The van der Waals surface area contributed by atoms with Crippen molar-refractivity contribution in [1.82, 2.24) is 10.2 Å². The summed E-state index contributed by atoms with van der Waals surface area (Å²) < 4.78 is 10.9. The SMILES string of the molecule is Cc1ccccc1OCCN1C(=O)NC(C)(c2ccco2)C1=O. The molecule has 1 aromatic heterocycles. The van der Waals surface area contributed by atoms with Crippen LogP contribution in [0, 0.1) is 6.92 Å². The van der Waals surface area contributed by atoms with E-state index in [1.165, 1.54) is 6.26 Å². The number of furan rings is 1. The zero-order valence-corrected chi connectivity index (χ0v) is 13.0. The Bertz CT molecular complexity index is 726. The average Bonchev–Trinajstić information content (AvgIpc) is 3.13. The van der Waals surface area contributed by atoms with Crippen molar-refractivity contribution >= 4 is 11.9 Å². The van der Waals surface area contributed by atoms with Gasteiger partial charge in [-0.25, -0.2) is 4.79 Å². The number of rotatable bonds is 5. The van der Waals surface area contributed by atoms with E-state index in [9.17, 15) is 9.59 Å². The second kappa shape index (κ2) is 5.79. The highest BCUT2D eigenvalue weighted by Crippen LogP contribution is 2.29. The molecule has 1 aliphatic heterocycles. The molecule has 1 aliphatic rings. The quantitative estimate of drug-likeness (QED) is 0.860. The number of hydrogen-bond acceptors (Lipinski definition) is 4. The first-order valence-electron chi connectivity index (χ1n) is 7.39. The van der Waals surface area contributed by atoms with Gasteiger partial charge < -0.3 is 14.5 Å². The number of ether oxygens (including phenoxy) is 1. The summed E-state index contributed by atoms with van der Waals surface area (Å²) in [5.74, 6) is 0.817. The number of aryl methyl sites for hydroxylation is 1. The number of nitrogens with zero attached hydrogens (tertiary/aromatic N) is 1. The molecule has 1 atom stereocenters. The predicted molar refractivity (Wildman–Crippen MR) is 83.0 cm³/mol. The van der Waals surface area contributed by atoms with E-state index >= 15 is 0 Å². The number of carbonyl (C=O) groups is 2. The van der Waals surface area contributed by atoms with Gasteiger partial charge in [0, 0.05) is 0 Å². The Morgan fingerprint density at radius 2 is 2.00 bits per heavy atom. The molecular formula is C17H18N2O4. The largest absolute Gasteiger partial charge is 0.491 e. The summed E-state index contributed by atoms with van der Waals surface area (Å²) in [6, 6.07) is 10.5. The van der Waals surface area contributed by atoms with Crippen molar-refractivity contribution in [2.75, 3.05) is 13.2 Å². The highest BCUT2D eigenvalue weighted by molar-refractivity contribution is 6.06. The Hall–Kier alpha value is -2.76. The Balaban J connectivity index is 1.66. The van der Waals surface area contributed by atoms with Crippen LogP contribution >= 0.6 is 0 Å². The number of amides is 3. The van der Waals surface area contributed by atoms with Crippen LogP contribution in [0.5, 0.6) is 5.75 Å². The molecule has 1 fully saturated rings. The summed E-state index contributed by atoms with van der Waals surface area (Å²) in [5.41, 5.74) is -0.159. The number of para-hydroxylation sites is 1. The summed E-state index contributed by atoms with van der Waals surface area (Å²) in [6.45, 7) is 3.98. The maximum atomic E-state index is 12.6. The number of urea groups is 1. The molecular weight excluding hydrogens is 296 g/mol. The maximum absolute atomic E-state index is 12.6. The van der Waals surface area contributed by atoms with Crippen LogP contribution in [0.3, 0.4) is 0 Å². The van der Waals surface area contributed by atoms with Crippen LogP contribution in [-0.4, -0.2) is 30.0 Å². The number of carbonyl (C=O) groups excluding carboxylic acids is 2. The number of hydrogen-bond donors (Lipinski definition) is 1. The smallest absolute Gasteiger partial charge is 0.325 e. The van der Waals surface area contributed by atoms with Gasteiger partial charge in [0.15, 0.2) is 5.54 Å². The first kappa shape index (κ1) is 15.1. The lowest BCUT2D eigenvalue weighted by Gasteiger charge is -2.19. The molecule has 0 saturated carbocycles. The fourth-order valence-corrected chi connectivity index (χ4v) is 2.60. The molecule has 0 spiro atoms. The molecule has 0 radical (unpaired) electrons. The number of benzene rings is 1. The van der Waals surface area contributed by atoms with Gasteiger partial charge in [-0.1, -0.05) is 18.2 Å². The van der Waals surface area contributed by atoms with Crippen molar-refractivity contribution in [3.05, 3.63) is 54.0 Å². The third-order valence-corrected chi connectivity index (χ3v) is 3.95. The second-order valence-corrected chi connectivity index (χ2v) is 5.60. The van der Waals surface area contributed by atoms with Gasteiger partial charge in [-0.05, 0) is 37.6 Å². The molecule has 3 rings (SSSR count). The molecule has 3 amide bonds. The normalized spacial score (nSPS) is 20.7. The first-order chi connectivity index (χ1) is 11.0. The minimum atomic E-state index is -1.16. The Morgan fingerprint density at radius 1 is 1.22 bits per heavy atom. The van der Waals surface area contributed by atoms with Gasteiger partial charge in [-0.3, -0.25) is 9.69 Å². The van der Waals surface area contributed by atoms with E-state index in [1.54, 1.807) is 19.1 Å². The maximum Gasteiger partial charge on any atom is 0.325 e. The lowest BCUT2D eigenvalue weighted by Crippen LogP contribution is -2.41. The van der Waals surface area contributed by atoms with E-state index in [0.717, 1.165) is 16.2 Å². The molecule has 1 aromatic carbocycles. The van der Waals surface area contributed by atoms with Crippen LogP contribution in [0.25, 0.3) is 0 Å². The minimum Gasteiger partial charge on any atom is -0.491 e. The molecule has 1 unspecified atom stereocenters. The van der Waals surface area contributed by atoms with E-state index in [4.69, 9.17) is 9.15 Å². The van der Waals surface area contributed by atoms with Crippen LogP contribution < -0.4 is 10.1 Å². The van der Waals surface area contributed by atoms with E-state index in [-0.39, 0.29) is 19.1 Å². The second-order valence-electron chi connectivity index (χ2n) is 5.60. The summed E-state index contributed by atoms with van der Waals surface area (Å²) >= 11 is 0. The summed E-state index contributed by atoms with van der Waals surface area (Å²) in [7, 11) is 0. The van der Waals surface area contributed by atoms with Gasteiger partial charge in [0.05, 0.1) is 12.8 Å². The monoisotopic (exact) mass is 314 g/mol. The lowest BCUT2D eigenvalue weighted by molar-refractivity contribution is -0.131. The van der Waals surface area contributed by atoms with E-state index < -0.39 is 11.6 Å². The molecule has 2 aromatic rings. The van der Waals surface area contributed by atoms with Crippen LogP contribution in [0.4, 0.5) is 4.79 Å². The van der Waals surface area contributed by atoms with Gasteiger partial charge in [0.25, 0.3) is 5.91 Å².